The Morgan fingerprint density at radius 3 is 1.13 bits per heavy atom. The highest BCUT2D eigenvalue weighted by Crippen LogP contribution is 2.47. The van der Waals surface area contributed by atoms with Crippen LogP contribution in [0.1, 0.15) is 166 Å². The number of benzene rings is 2. The molecule has 0 N–H and O–H groups in total. The van der Waals surface area contributed by atoms with Gasteiger partial charge in [-0.25, -0.2) is 8.78 Å². The number of unbranched alkanes of at least 4 members (excludes halogenated alkanes) is 2. The van der Waals surface area contributed by atoms with E-state index in [-0.39, 0.29) is 11.6 Å². The summed E-state index contributed by atoms with van der Waals surface area (Å²) in [7, 11) is 0. The summed E-state index contributed by atoms with van der Waals surface area (Å²) >= 11 is 0. The second kappa shape index (κ2) is 21.2. The van der Waals surface area contributed by atoms with Gasteiger partial charge in [-0.3, -0.25) is 0 Å². The van der Waals surface area contributed by atoms with Gasteiger partial charge in [-0.15, -0.1) is 0 Å². The lowest BCUT2D eigenvalue weighted by atomic mass is 9.67. The van der Waals surface area contributed by atoms with Crippen LogP contribution in [0.25, 0.3) is 11.1 Å². The third kappa shape index (κ3) is 11.9. The fourth-order valence-electron chi connectivity index (χ4n) is 11.4. The van der Waals surface area contributed by atoms with Crippen LogP contribution >= 0.6 is 0 Å². The highest BCUT2D eigenvalue weighted by atomic mass is 19.1. The molecule has 0 spiro atoms. The summed E-state index contributed by atoms with van der Waals surface area (Å²) < 4.78 is 34.3. The molecule has 2 aromatic carbocycles. The van der Waals surface area contributed by atoms with Gasteiger partial charge in [0.15, 0.2) is 0 Å². The van der Waals surface area contributed by atoms with Crippen molar-refractivity contribution in [3.05, 3.63) is 83.4 Å². The van der Waals surface area contributed by atoms with Crippen LogP contribution in [0.3, 0.4) is 0 Å². The highest BCUT2D eigenvalue weighted by Gasteiger charge is 2.33. The first kappa shape index (κ1) is 40.4. The number of ether oxygens (including phenoxy) is 1. The predicted octanol–water partition coefficient (Wildman–Crippen LogP) is 15.1. The molecule has 0 atom stereocenters. The maximum atomic E-state index is 14.0. The van der Waals surface area contributed by atoms with Gasteiger partial charge < -0.3 is 4.74 Å². The van der Waals surface area contributed by atoms with E-state index in [2.05, 4.69) is 26.0 Å². The molecule has 53 heavy (non-hydrogen) atoms. The van der Waals surface area contributed by atoms with Gasteiger partial charge in [0.1, 0.15) is 11.6 Å². The van der Waals surface area contributed by atoms with Crippen molar-refractivity contribution in [2.75, 3.05) is 13.2 Å². The number of hydrogen-bond donors (Lipinski definition) is 0. The molecule has 0 aliphatic heterocycles. The Morgan fingerprint density at radius 1 is 0.491 bits per heavy atom. The first-order chi connectivity index (χ1) is 26.0. The second-order valence-corrected chi connectivity index (χ2v) is 17.9. The number of allylic oxidation sites excluding steroid dienone is 2. The van der Waals surface area contributed by atoms with Gasteiger partial charge >= 0.3 is 0 Å². The molecule has 0 amide bonds. The molecule has 4 saturated carbocycles. The fourth-order valence-corrected chi connectivity index (χ4v) is 11.4. The van der Waals surface area contributed by atoms with Gasteiger partial charge in [0, 0.05) is 0 Å². The topological polar surface area (TPSA) is 9.23 Å². The van der Waals surface area contributed by atoms with Crippen LogP contribution in [0.15, 0.2) is 60.7 Å². The largest absolute Gasteiger partial charge is 0.373 e. The van der Waals surface area contributed by atoms with Crippen LogP contribution in [-0.4, -0.2) is 13.2 Å². The molecular weight excluding hydrogens is 655 g/mol. The van der Waals surface area contributed by atoms with Crippen molar-refractivity contribution in [1.82, 2.24) is 0 Å². The van der Waals surface area contributed by atoms with Gasteiger partial charge in [-0.2, -0.15) is 0 Å². The minimum atomic E-state index is -0.176. The third-order valence-corrected chi connectivity index (χ3v) is 14.7. The summed E-state index contributed by atoms with van der Waals surface area (Å²) in [6.07, 6.45) is 34.6. The van der Waals surface area contributed by atoms with Gasteiger partial charge in [-0.05, 0) is 171 Å². The van der Waals surface area contributed by atoms with E-state index in [4.69, 9.17) is 4.74 Å². The van der Waals surface area contributed by atoms with Crippen molar-refractivity contribution < 1.29 is 13.5 Å². The Kier molecular flexibility index (Phi) is 16.1. The van der Waals surface area contributed by atoms with Gasteiger partial charge in [-0.1, -0.05) is 114 Å². The standard InChI is InChI=1S/C50H72F2O/c1-3-5-7-37-9-13-39(14-10-37)41-17-21-43(22-18-41)49(45-25-29-47(51)30-26-45)33-35-53-36-34-50(46-27-31-48(52)32-28-46)44-23-19-42(20-24-44)40-15-11-38(12-16-40)8-6-4-2/h25-34,37-44H,3-24,35-36H2,1-2H3/t37-,38-,39-,40-,41-,42-,43-,44-. The Bertz CT molecular complexity index is 1270. The molecule has 0 bridgehead atoms. The smallest absolute Gasteiger partial charge is 0.123 e. The maximum absolute atomic E-state index is 14.0. The molecule has 1 nitrogen and oxygen atoms in total. The quantitative estimate of drug-likeness (QED) is 0.157. The molecule has 4 aliphatic carbocycles. The molecular formula is C50H72F2O. The van der Waals surface area contributed by atoms with Crippen molar-refractivity contribution in [3.63, 3.8) is 0 Å². The minimum absolute atomic E-state index is 0.176. The van der Waals surface area contributed by atoms with Crippen LogP contribution in [0, 0.1) is 59.0 Å². The van der Waals surface area contributed by atoms with Gasteiger partial charge in [0.2, 0.25) is 0 Å². The summed E-state index contributed by atoms with van der Waals surface area (Å²) in [5, 5.41) is 0. The van der Waals surface area contributed by atoms with Crippen molar-refractivity contribution >= 4 is 11.1 Å². The normalized spacial score (nSPS) is 30.3. The summed E-state index contributed by atoms with van der Waals surface area (Å²) in [6, 6.07) is 14.3. The van der Waals surface area contributed by atoms with E-state index in [1.807, 2.05) is 24.3 Å². The van der Waals surface area contributed by atoms with Gasteiger partial charge in [0.25, 0.3) is 0 Å². The minimum Gasteiger partial charge on any atom is -0.373 e. The lowest BCUT2D eigenvalue weighted by Crippen LogP contribution is -2.26. The first-order valence-corrected chi connectivity index (χ1v) is 22.5. The Labute approximate surface area is 322 Å². The molecule has 0 aromatic heterocycles. The van der Waals surface area contributed by atoms with E-state index in [9.17, 15) is 8.78 Å². The summed E-state index contributed by atoms with van der Waals surface area (Å²) in [5.41, 5.74) is 4.96. The van der Waals surface area contributed by atoms with Crippen LogP contribution in [0.4, 0.5) is 8.78 Å². The fraction of sp³-hybridized carbons (Fsp3) is 0.680. The van der Waals surface area contributed by atoms with E-state index in [1.165, 1.54) is 152 Å². The zero-order chi connectivity index (χ0) is 36.8. The van der Waals surface area contributed by atoms with Crippen LogP contribution < -0.4 is 0 Å². The lowest BCUT2D eigenvalue weighted by molar-refractivity contribution is 0.152. The summed E-state index contributed by atoms with van der Waals surface area (Å²) in [4.78, 5) is 0. The van der Waals surface area contributed by atoms with E-state index in [1.54, 1.807) is 24.3 Å². The Morgan fingerprint density at radius 2 is 0.811 bits per heavy atom. The SMILES string of the molecule is CCCC[C@H]1CC[C@H]([C@H]2CC[C@H](C(=CCOCC=C(c3ccc(F)cc3)[C@H]3CC[C@H]([C@H]4CC[C@H](CCCC)CC4)CC3)c3ccc(F)cc3)CC2)CC1. The predicted molar refractivity (Wildman–Crippen MR) is 220 cm³/mol. The van der Waals surface area contributed by atoms with Gasteiger partial charge in [0.05, 0.1) is 13.2 Å². The molecule has 2 aromatic rings. The average Bonchev–Trinajstić information content (AvgIpc) is 3.21. The molecule has 0 heterocycles. The van der Waals surface area contributed by atoms with Crippen molar-refractivity contribution in [3.8, 4) is 0 Å². The van der Waals surface area contributed by atoms with E-state index < -0.39 is 0 Å². The summed E-state index contributed by atoms with van der Waals surface area (Å²) in [5.74, 6) is 6.20. The Hall–Kier alpha value is -2.26. The molecule has 3 heteroatoms. The molecule has 0 radical (unpaired) electrons. The molecule has 4 fully saturated rings. The zero-order valence-electron chi connectivity index (χ0n) is 33.5. The zero-order valence-corrected chi connectivity index (χ0v) is 33.5. The van der Waals surface area contributed by atoms with E-state index >= 15 is 0 Å². The highest BCUT2D eigenvalue weighted by molar-refractivity contribution is 5.68. The molecule has 292 valence electrons. The number of halogens is 2. The van der Waals surface area contributed by atoms with E-state index in [0.717, 1.165) is 46.6 Å². The van der Waals surface area contributed by atoms with Crippen LogP contribution in [-0.2, 0) is 4.74 Å². The molecule has 4 aliphatic rings. The average molecular weight is 727 g/mol. The van der Waals surface area contributed by atoms with Crippen molar-refractivity contribution in [2.45, 2.75) is 155 Å². The molecule has 0 saturated heterocycles. The van der Waals surface area contributed by atoms with Crippen LogP contribution in [0.5, 0.6) is 0 Å². The molecule has 6 rings (SSSR count). The first-order valence-electron chi connectivity index (χ1n) is 22.5. The Balaban J connectivity index is 1.04. The van der Waals surface area contributed by atoms with Crippen LogP contribution in [0.2, 0.25) is 0 Å². The maximum Gasteiger partial charge on any atom is 0.123 e. The third-order valence-electron chi connectivity index (χ3n) is 14.7. The van der Waals surface area contributed by atoms with E-state index in [0.29, 0.717) is 25.0 Å². The molecule has 0 unspecified atom stereocenters. The summed E-state index contributed by atoms with van der Waals surface area (Å²) in [6.45, 7) is 5.74. The van der Waals surface area contributed by atoms with Crippen molar-refractivity contribution in [1.29, 1.82) is 0 Å². The monoisotopic (exact) mass is 727 g/mol. The van der Waals surface area contributed by atoms with Crippen molar-refractivity contribution in [2.24, 2.45) is 47.3 Å². The lowest BCUT2D eigenvalue weighted by Gasteiger charge is -2.38. The number of hydrogen-bond acceptors (Lipinski definition) is 1. The second-order valence-electron chi connectivity index (χ2n) is 17.9. The number of rotatable bonds is 16.